The number of nitrogens with two attached hydrogens (primary N) is 1. The highest BCUT2D eigenvalue weighted by molar-refractivity contribution is 8.00. The molecule has 35 heavy (non-hydrogen) atoms. The Kier molecular flexibility index (Phi) is 8.74. The van der Waals surface area contributed by atoms with Crippen molar-refractivity contribution >= 4 is 42.0 Å². The third-order valence-corrected chi connectivity index (χ3v) is 7.69. The van der Waals surface area contributed by atoms with Gasteiger partial charge in [0.2, 0.25) is 5.91 Å². The number of fused-ring (bicyclic) bond motifs is 1. The Bertz CT molecular complexity index is 907. The number of likely N-dealkylation sites (tertiary alicyclic amines) is 1. The van der Waals surface area contributed by atoms with Gasteiger partial charge in [-0.2, -0.15) is 0 Å². The van der Waals surface area contributed by atoms with Gasteiger partial charge >= 0.3 is 11.9 Å². The van der Waals surface area contributed by atoms with Crippen LogP contribution in [0.25, 0.3) is 0 Å². The molecule has 2 amide bonds. The summed E-state index contributed by atoms with van der Waals surface area (Å²) in [7, 11) is 1.24. The van der Waals surface area contributed by atoms with E-state index in [9.17, 15) is 29.1 Å². The fraction of sp³-hybridized carbons (Fsp3) is 0.667. The summed E-state index contributed by atoms with van der Waals surface area (Å²) in [6, 6.07) is -1.10. The summed E-state index contributed by atoms with van der Waals surface area (Å²) in [6.07, 6.45) is 2.03. The maximum atomic E-state index is 13.2. The molecule has 0 saturated carbocycles. The molecule has 3 aliphatic heterocycles. The van der Waals surface area contributed by atoms with Crippen LogP contribution in [0.2, 0.25) is 0 Å². The largest absolute Gasteiger partial charge is 0.480 e. The van der Waals surface area contributed by atoms with E-state index in [1.54, 1.807) is 0 Å². The van der Waals surface area contributed by atoms with Gasteiger partial charge in [0, 0.05) is 37.9 Å². The molecule has 0 aliphatic carbocycles. The highest BCUT2D eigenvalue weighted by Gasteiger charge is 2.67. The van der Waals surface area contributed by atoms with Gasteiger partial charge in [-0.3, -0.25) is 29.0 Å². The van der Waals surface area contributed by atoms with Gasteiger partial charge in [-0.15, -0.1) is 11.8 Å². The Morgan fingerprint density at radius 3 is 2.54 bits per heavy atom. The summed E-state index contributed by atoms with van der Waals surface area (Å²) in [5.74, 6) is -3.70. The Morgan fingerprint density at radius 2 is 1.97 bits per heavy atom. The SMILES string of the molecule is CO[C@@]1(NC(=O)CCCC(N)C(=O)O)C(=O)N2C(C(=O)O)=C(C(OC=O)N3CCCCC3)CS[C@H]21. The Morgan fingerprint density at radius 1 is 1.29 bits per heavy atom. The Labute approximate surface area is 205 Å². The highest BCUT2D eigenvalue weighted by Crippen LogP contribution is 2.47. The first-order valence-electron chi connectivity index (χ1n) is 11.3. The first-order chi connectivity index (χ1) is 16.7. The lowest BCUT2D eigenvalue weighted by Gasteiger charge is -2.56. The van der Waals surface area contributed by atoms with Crippen molar-refractivity contribution in [3.8, 4) is 0 Å². The second kappa shape index (κ2) is 11.4. The van der Waals surface area contributed by atoms with Crippen LogP contribution >= 0.6 is 11.8 Å². The van der Waals surface area contributed by atoms with Crippen molar-refractivity contribution in [2.24, 2.45) is 5.73 Å². The first-order valence-corrected chi connectivity index (χ1v) is 12.3. The standard InChI is InChI=1S/C21H30N4O9S/c1-33-21(23-14(27)7-5-6-13(22)17(28)29)19(32)25-15(18(30)31)12(10-35-20(21)25)16(34-11-26)24-8-3-2-4-9-24/h11,13,16,20H,2-10,22H2,1H3,(H,23,27)(H,28,29)(H,30,31)/t13?,16?,20-,21-/m0/s1. The highest BCUT2D eigenvalue weighted by atomic mass is 32.2. The van der Waals surface area contributed by atoms with E-state index in [1.165, 1.54) is 18.9 Å². The van der Waals surface area contributed by atoms with Crippen LogP contribution in [-0.4, -0.2) is 99.6 Å². The number of piperidine rings is 1. The fourth-order valence-electron chi connectivity index (χ4n) is 4.56. The number of nitrogens with zero attached hydrogens (tertiary/aromatic N) is 2. The van der Waals surface area contributed by atoms with E-state index < -0.39 is 47.1 Å². The number of β-lactam (4-membered cyclic amide) rings is 1. The maximum Gasteiger partial charge on any atom is 0.352 e. The van der Waals surface area contributed by atoms with E-state index in [4.69, 9.17) is 20.3 Å². The average molecular weight is 515 g/mol. The second-order valence-electron chi connectivity index (χ2n) is 8.52. The summed E-state index contributed by atoms with van der Waals surface area (Å²) in [5.41, 5.74) is 3.68. The van der Waals surface area contributed by atoms with E-state index in [-0.39, 0.29) is 37.2 Å². The van der Waals surface area contributed by atoms with E-state index in [2.05, 4.69) is 5.32 Å². The van der Waals surface area contributed by atoms with Crippen LogP contribution in [-0.2, 0) is 33.4 Å². The number of hydrogen-bond donors (Lipinski definition) is 4. The minimum Gasteiger partial charge on any atom is -0.480 e. The zero-order chi connectivity index (χ0) is 25.8. The quantitative estimate of drug-likeness (QED) is 0.145. The van der Waals surface area contributed by atoms with Gasteiger partial charge in [0.05, 0.1) is 0 Å². The molecule has 194 valence electrons. The van der Waals surface area contributed by atoms with Gasteiger partial charge in [-0.1, -0.05) is 6.42 Å². The molecule has 2 fully saturated rings. The lowest BCUT2D eigenvalue weighted by Crippen LogP contribution is -2.80. The average Bonchev–Trinajstić information content (AvgIpc) is 2.85. The Hall–Kier alpha value is -2.68. The number of methoxy groups -OCH3 is 1. The van der Waals surface area contributed by atoms with Crippen molar-refractivity contribution in [1.82, 2.24) is 15.1 Å². The number of carbonyl (C=O) groups excluding carboxylic acids is 3. The zero-order valence-corrected chi connectivity index (χ0v) is 20.1. The number of rotatable bonds is 12. The van der Waals surface area contributed by atoms with Crippen molar-refractivity contribution in [3.63, 3.8) is 0 Å². The molecular formula is C21H30N4O9S. The number of carboxylic acid groups (broad SMARTS) is 2. The maximum absolute atomic E-state index is 13.2. The third-order valence-electron chi connectivity index (χ3n) is 6.35. The van der Waals surface area contributed by atoms with Gasteiger partial charge in [0.25, 0.3) is 18.1 Å². The molecule has 2 saturated heterocycles. The minimum absolute atomic E-state index is 0.0743. The molecule has 3 heterocycles. The molecule has 3 rings (SSSR count). The molecule has 0 radical (unpaired) electrons. The molecule has 14 heteroatoms. The second-order valence-corrected chi connectivity index (χ2v) is 9.59. The third kappa shape index (κ3) is 5.29. The number of hydrogen-bond acceptors (Lipinski definition) is 10. The van der Waals surface area contributed by atoms with Crippen molar-refractivity contribution < 1.29 is 43.7 Å². The van der Waals surface area contributed by atoms with Crippen molar-refractivity contribution in [1.29, 1.82) is 0 Å². The molecule has 0 spiro atoms. The predicted molar refractivity (Wildman–Crippen MR) is 121 cm³/mol. The molecule has 0 aromatic carbocycles. The monoisotopic (exact) mass is 514 g/mol. The topological polar surface area (TPSA) is 189 Å². The number of ether oxygens (including phenoxy) is 2. The molecule has 0 aromatic rings. The summed E-state index contributed by atoms with van der Waals surface area (Å²) in [4.78, 5) is 63.0. The van der Waals surface area contributed by atoms with Gasteiger partial charge in [-0.05, 0) is 25.7 Å². The molecule has 4 atom stereocenters. The van der Waals surface area contributed by atoms with Crippen LogP contribution in [0.1, 0.15) is 38.5 Å². The zero-order valence-electron chi connectivity index (χ0n) is 19.3. The van der Waals surface area contributed by atoms with Crippen LogP contribution in [0.5, 0.6) is 0 Å². The number of carboxylic acids is 2. The van der Waals surface area contributed by atoms with Gasteiger partial charge in [0.1, 0.15) is 17.1 Å². The molecule has 2 unspecified atom stereocenters. The van der Waals surface area contributed by atoms with Gasteiger partial charge < -0.3 is 30.7 Å². The van der Waals surface area contributed by atoms with Crippen LogP contribution in [0.4, 0.5) is 0 Å². The van der Waals surface area contributed by atoms with Crippen molar-refractivity contribution in [2.75, 3.05) is 26.0 Å². The summed E-state index contributed by atoms with van der Waals surface area (Å²) < 4.78 is 10.7. The summed E-state index contributed by atoms with van der Waals surface area (Å²) in [6.45, 7) is 1.53. The minimum atomic E-state index is -1.77. The number of carbonyl (C=O) groups is 5. The molecule has 3 aliphatic rings. The predicted octanol–water partition coefficient (Wildman–Crippen LogP) is -0.734. The molecular weight excluding hydrogens is 484 g/mol. The van der Waals surface area contributed by atoms with Crippen LogP contribution in [0, 0.1) is 0 Å². The molecule has 13 nitrogen and oxygen atoms in total. The van der Waals surface area contributed by atoms with Crippen LogP contribution in [0.15, 0.2) is 11.3 Å². The Balaban J connectivity index is 1.79. The van der Waals surface area contributed by atoms with Crippen molar-refractivity contribution in [3.05, 3.63) is 11.3 Å². The lowest BCUT2D eigenvalue weighted by molar-refractivity contribution is -0.193. The first kappa shape index (κ1) is 26.9. The van der Waals surface area contributed by atoms with E-state index in [0.717, 1.165) is 24.2 Å². The normalized spacial score (nSPS) is 26.3. The molecule has 0 bridgehead atoms. The van der Waals surface area contributed by atoms with Crippen LogP contribution < -0.4 is 11.1 Å². The molecule has 0 aromatic heterocycles. The van der Waals surface area contributed by atoms with Crippen LogP contribution in [0.3, 0.4) is 0 Å². The number of nitrogens with one attached hydrogen (secondary N) is 1. The van der Waals surface area contributed by atoms with E-state index >= 15 is 0 Å². The van der Waals surface area contributed by atoms with E-state index in [0.29, 0.717) is 18.7 Å². The number of aliphatic carboxylic acids is 2. The number of amides is 2. The smallest absolute Gasteiger partial charge is 0.352 e. The van der Waals surface area contributed by atoms with Gasteiger partial charge in [0.15, 0.2) is 6.23 Å². The molecule has 5 N–H and O–H groups in total. The van der Waals surface area contributed by atoms with Gasteiger partial charge in [-0.25, -0.2) is 4.79 Å². The summed E-state index contributed by atoms with van der Waals surface area (Å²) >= 11 is 1.19. The number of thioether (sulfide) groups is 1. The van der Waals surface area contributed by atoms with E-state index in [1.807, 2.05) is 4.90 Å². The lowest BCUT2D eigenvalue weighted by atomic mass is 9.96. The summed E-state index contributed by atoms with van der Waals surface area (Å²) in [5, 5.41) is 20.5. The fourth-order valence-corrected chi connectivity index (χ4v) is 6.02. The van der Waals surface area contributed by atoms with Crippen molar-refractivity contribution in [2.45, 2.75) is 61.9 Å².